The van der Waals surface area contributed by atoms with Crippen molar-refractivity contribution in [1.82, 2.24) is 10.2 Å². The lowest BCUT2D eigenvalue weighted by Gasteiger charge is -2.24. The number of amides is 2. The number of carbonyl (C=O) groups is 2. The molecule has 1 aromatic rings. The summed E-state index contributed by atoms with van der Waals surface area (Å²) in [4.78, 5) is 26.7. The highest BCUT2D eigenvalue weighted by Crippen LogP contribution is 2.30. The van der Waals surface area contributed by atoms with Crippen LogP contribution in [0.15, 0.2) is 47.4 Å². The lowest BCUT2D eigenvalue weighted by Crippen LogP contribution is -2.44. The van der Waals surface area contributed by atoms with Crippen molar-refractivity contribution in [2.24, 2.45) is 0 Å². The van der Waals surface area contributed by atoms with Crippen molar-refractivity contribution < 1.29 is 9.59 Å². The molecule has 0 radical (unpaired) electrons. The molecule has 1 aromatic carbocycles. The van der Waals surface area contributed by atoms with E-state index < -0.39 is 0 Å². The van der Waals surface area contributed by atoms with Gasteiger partial charge < -0.3 is 5.32 Å². The van der Waals surface area contributed by atoms with Gasteiger partial charge in [0.05, 0.1) is 4.91 Å². The number of thiocarbonyl (C=S) groups is 1. The van der Waals surface area contributed by atoms with Crippen LogP contribution < -0.4 is 5.32 Å². The Morgan fingerprint density at radius 2 is 1.96 bits per heavy atom. The van der Waals surface area contributed by atoms with Crippen molar-refractivity contribution >= 4 is 46.2 Å². The van der Waals surface area contributed by atoms with Crippen LogP contribution in [0.25, 0.3) is 6.08 Å². The van der Waals surface area contributed by atoms with Gasteiger partial charge in [-0.05, 0) is 24.5 Å². The van der Waals surface area contributed by atoms with Crippen LogP contribution in [0.2, 0.25) is 0 Å². The van der Waals surface area contributed by atoms with Gasteiger partial charge in [-0.2, -0.15) is 0 Å². The number of benzene rings is 1. The maximum absolute atomic E-state index is 12.5. The molecule has 0 spiro atoms. The van der Waals surface area contributed by atoms with Crippen LogP contribution >= 0.6 is 24.0 Å². The van der Waals surface area contributed by atoms with Gasteiger partial charge in [0.2, 0.25) is 5.91 Å². The fraction of sp³-hybridized carbons (Fsp3) is 0.350. The van der Waals surface area contributed by atoms with Crippen LogP contribution in [0.5, 0.6) is 0 Å². The van der Waals surface area contributed by atoms with Crippen LogP contribution in [0, 0.1) is 0 Å². The first-order chi connectivity index (χ1) is 12.6. The molecule has 6 heteroatoms. The molecule has 0 aromatic heterocycles. The molecule has 1 saturated heterocycles. The number of hydrogen-bond acceptors (Lipinski definition) is 4. The van der Waals surface area contributed by atoms with Crippen molar-refractivity contribution in [1.29, 1.82) is 0 Å². The molecule has 1 saturated carbocycles. The lowest BCUT2D eigenvalue weighted by atomic mass is 9.95. The molecule has 0 bridgehead atoms. The fourth-order valence-corrected chi connectivity index (χ4v) is 4.33. The van der Waals surface area contributed by atoms with E-state index in [1.165, 1.54) is 23.1 Å². The molecule has 0 atom stereocenters. The molecule has 1 aliphatic heterocycles. The molecule has 26 heavy (non-hydrogen) atoms. The van der Waals surface area contributed by atoms with Gasteiger partial charge in [-0.25, -0.2) is 0 Å². The molecule has 2 aliphatic rings. The summed E-state index contributed by atoms with van der Waals surface area (Å²) in [6.45, 7) is 0.000899. The van der Waals surface area contributed by atoms with Gasteiger partial charge in [0.15, 0.2) is 0 Å². The van der Waals surface area contributed by atoms with Gasteiger partial charge in [0, 0.05) is 6.04 Å². The molecule has 136 valence electrons. The monoisotopic (exact) mass is 386 g/mol. The van der Waals surface area contributed by atoms with Crippen molar-refractivity contribution in [2.75, 3.05) is 6.54 Å². The predicted molar refractivity (Wildman–Crippen MR) is 110 cm³/mol. The highest BCUT2D eigenvalue weighted by molar-refractivity contribution is 8.26. The first-order valence-electron chi connectivity index (χ1n) is 8.90. The summed E-state index contributed by atoms with van der Waals surface area (Å²) in [5.41, 5.74) is 1.06. The second kappa shape index (κ2) is 9.14. The minimum absolute atomic E-state index is 0.000899. The maximum atomic E-state index is 12.5. The first-order valence-corrected chi connectivity index (χ1v) is 10.1. The van der Waals surface area contributed by atoms with Crippen LogP contribution in [-0.2, 0) is 9.59 Å². The van der Waals surface area contributed by atoms with E-state index in [0.717, 1.165) is 31.2 Å². The van der Waals surface area contributed by atoms with Crippen LogP contribution in [0.4, 0.5) is 0 Å². The summed E-state index contributed by atoms with van der Waals surface area (Å²) in [5, 5.41) is 3.03. The number of rotatable bonds is 5. The van der Waals surface area contributed by atoms with Gasteiger partial charge >= 0.3 is 0 Å². The highest BCUT2D eigenvalue weighted by atomic mass is 32.2. The molecule has 4 nitrogen and oxygen atoms in total. The number of nitrogens with zero attached hydrogens (tertiary/aromatic N) is 1. The number of carbonyl (C=O) groups excluding carboxylic acids is 2. The van der Waals surface area contributed by atoms with E-state index in [1.54, 1.807) is 6.08 Å². The quantitative estimate of drug-likeness (QED) is 0.616. The summed E-state index contributed by atoms with van der Waals surface area (Å²) in [6, 6.07) is 10.1. The van der Waals surface area contributed by atoms with E-state index in [4.69, 9.17) is 12.2 Å². The lowest BCUT2D eigenvalue weighted by molar-refractivity contribution is -0.129. The van der Waals surface area contributed by atoms with Crippen molar-refractivity contribution in [3.63, 3.8) is 0 Å². The Hall–Kier alpha value is -1.92. The van der Waals surface area contributed by atoms with Gasteiger partial charge in [0.25, 0.3) is 5.91 Å². The SMILES string of the molecule is O=C(CN1C(=O)C(=CC=Cc2ccccc2)SC1=S)NC1CCCCC1. The Morgan fingerprint density at radius 3 is 2.69 bits per heavy atom. The normalized spacial score (nSPS) is 20.3. The van der Waals surface area contributed by atoms with Crippen LogP contribution in [-0.4, -0.2) is 33.6 Å². The zero-order chi connectivity index (χ0) is 18.4. The van der Waals surface area contributed by atoms with Crippen molar-refractivity contribution in [2.45, 2.75) is 38.1 Å². The molecule has 2 amide bonds. The smallest absolute Gasteiger partial charge is 0.266 e. The van der Waals surface area contributed by atoms with E-state index in [9.17, 15) is 9.59 Å². The maximum Gasteiger partial charge on any atom is 0.266 e. The Morgan fingerprint density at radius 1 is 1.23 bits per heavy atom. The van der Waals surface area contributed by atoms with E-state index >= 15 is 0 Å². The third kappa shape index (κ3) is 5.05. The van der Waals surface area contributed by atoms with E-state index in [1.807, 2.05) is 42.5 Å². The van der Waals surface area contributed by atoms with Crippen molar-refractivity contribution in [3.8, 4) is 0 Å². The minimum atomic E-state index is -0.198. The summed E-state index contributed by atoms with van der Waals surface area (Å²) >= 11 is 6.53. The van der Waals surface area contributed by atoms with Gasteiger partial charge in [-0.1, -0.05) is 85.7 Å². The van der Waals surface area contributed by atoms with Crippen LogP contribution in [0.3, 0.4) is 0 Å². The molecule has 1 aliphatic carbocycles. The third-order valence-corrected chi connectivity index (χ3v) is 5.88. The molecule has 1 N–H and O–H groups in total. The van der Waals surface area contributed by atoms with Gasteiger partial charge in [0.1, 0.15) is 10.9 Å². The highest BCUT2D eigenvalue weighted by Gasteiger charge is 2.33. The topological polar surface area (TPSA) is 49.4 Å². The summed E-state index contributed by atoms with van der Waals surface area (Å²) in [6.07, 6.45) is 11.1. The number of thioether (sulfide) groups is 1. The summed E-state index contributed by atoms with van der Waals surface area (Å²) in [7, 11) is 0. The fourth-order valence-electron chi connectivity index (χ4n) is 3.13. The Kier molecular flexibility index (Phi) is 6.63. The Balaban J connectivity index is 1.57. The van der Waals surface area contributed by atoms with Gasteiger partial charge in [-0.3, -0.25) is 14.5 Å². The Labute approximate surface area is 163 Å². The molecule has 3 rings (SSSR count). The largest absolute Gasteiger partial charge is 0.352 e. The average Bonchev–Trinajstić information content (AvgIpc) is 2.91. The van der Waals surface area contributed by atoms with Crippen LogP contribution in [0.1, 0.15) is 37.7 Å². The van der Waals surface area contributed by atoms with E-state index in [-0.39, 0.29) is 24.4 Å². The molecule has 0 unspecified atom stereocenters. The number of hydrogen-bond donors (Lipinski definition) is 1. The summed E-state index contributed by atoms with van der Waals surface area (Å²) < 4.78 is 0.438. The molecular formula is C20H22N2O2S2. The van der Waals surface area contributed by atoms with Crippen molar-refractivity contribution in [3.05, 3.63) is 53.0 Å². The second-order valence-electron chi connectivity index (χ2n) is 6.46. The third-order valence-electron chi connectivity index (χ3n) is 4.48. The molecule has 2 fully saturated rings. The average molecular weight is 387 g/mol. The predicted octanol–water partition coefficient (Wildman–Crippen LogP) is 3.89. The zero-order valence-electron chi connectivity index (χ0n) is 14.5. The zero-order valence-corrected chi connectivity index (χ0v) is 16.2. The standard InChI is InChI=1S/C20H22N2O2S2/c23-18(21-16-11-5-2-6-12-16)14-22-19(24)17(26-20(22)25)13-7-10-15-8-3-1-4-9-15/h1,3-4,7-10,13,16H,2,5-6,11-12,14H2,(H,21,23). The second-order valence-corrected chi connectivity index (χ2v) is 8.14. The molecular weight excluding hydrogens is 364 g/mol. The number of nitrogens with one attached hydrogen (secondary N) is 1. The van der Waals surface area contributed by atoms with Gasteiger partial charge in [-0.15, -0.1) is 0 Å². The first kappa shape index (κ1) is 18.9. The minimum Gasteiger partial charge on any atom is -0.352 e. The Bertz CT molecular complexity index is 737. The summed E-state index contributed by atoms with van der Waals surface area (Å²) in [5.74, 6) is -0.328. The van der Waals surface area contributed by atoms with E-state index in [0.29, 0.717) is 9.23 Å². The van der Waals surface area contributed by atoms with E-state index in [2.05, 4.69) is 5.32 Å². The molecule has 1 heterocycles. The number of allylic oxidation sites excluding steroid dienone is 2.